The van der Waals surface area contributed by atoms with Crippen molar-refractivity contribution in [3.8, 4) is 0 Å². The Morgan fingerprint density at radius 2 is 2.33 bits per heavy atom. The Balaban J connectivity index is 2.50. The molecule has 0 aromatic heterocycles. The fourth-order valence-electron chi connectivity index (χ4n) is 0.529. The van der Waals surface area contributed by atoms with Gasteiger partial charge in [-0.2, -0.15) is 0 Å². The Morgan fingerprint density at radius 1 is 1.44 bits per heavy atom. The number of rotatable bonds is 0. The average Bonchev–Trinajstić information content (AvgIpc) is 1.79. The van der Waals surface area contributed by atoms with Crippen LogP contribution in [0.1, 0.15) is 0 Å². The lowest BCUT2D eigenvalue weighted by Crippen LogP contribution is -2.32. The maximum atomic E-state index is 10.5. The van der Waals surface area contributed by atoms with Gasteiger partial charge in [0.2, 0.25) is 0 Å². The van der Waals surface area contributed by atoms with Gasteiger partial charge in [-0.05, 0) is 6.08 Å². The van der Waals surface area contributed by atoms with Crippen molar-refractivity contribution in [3.63, 3.8) is 0 Å². The summed E-state index contributed by atoms with van der Waals surface area (Å²) in [5.41, 5.74) is 0. The van der Waals surface area contributed by atoms with Gasteiger partial charge < -0.3 is 10.6 Å². The number of carbonyl (C=O) groups excluding carboxylic acids is 1. The molecule has 0 radical (unpaired) electrons. The maximum Gasteiger partial charge on any atom is 0.319 e. The van der Waals surface area contributed by atoms with Crippen molar-refractivity contribution in [2.75, 3.05) is 6.54 Å². The second-order valence-electron chi connectivity index (χ2n) is 1.64. The van der Waals surface area contributed by atoms with E-state index in [0.717, 1.165) is 0 Å². The lowest BCUT2D eigenvalue weighted by Gasteiger charge is -2.01. The maximum absolute atomic E-state index is 10.5. The number of nitrogens with one attached hydrogen (secondary N) is 2. The summed E-state index contributed by atoms with van der Waals surface area (Å²) in [6.45, 7) is 0.593. The number of hydrogen-bond donors (Lipinski definition) is 2. The van der Waals surface area contributed by atoms with E-state index in [1.807, 2.05) is 12.2 Å². The van der Waals surface area contributed by atoms with Crippen LogP contribution in [0.5, 0.6) is 0 Å². The van der Waals surface area contributed by atoms with E-state index in [-0.39, 0.29) is 6.03 Å². The lowest BCUT2D eigenvalue weighted by atomic mass is 10.4. The first-order valence-electron chi connectivity index (χ1n) is 2.75. The largest absolute Gasteiger partial charge is 0.334 e. The molecule has 0 bridgehead atoms. The summed E-state index contributed by atoms with van der Waals surface area (Å²) in [6, 6.07) is -0.157. The summed E-state index contributed by atoms with van der Waals surface area (Å²) in [5, 5.41) is 5.10. The van der Waals surface area contributed by atoms with Gasteiger partial charge in [0.15, 0.2) is 0 Å². The van der Waals surface area contributed by atoms with Crippen LogP contribution in [-0.4, -0.2) is 12.6 Å². The van der Waals surface area contributed by atoms with Crippen molar-refractivity contribution in [2.24, 2.45) is 0 Å². The lowest BCUT2D eigenvalue weighted by molar-refractivity contribution is 0.245. The molecule has 1 aliphatic heterocycles. The Labute approximate surface area is 53.4 Å². The van der Waals surface area contributed by atoms with E-state index in [1.165, 1.54) is 0 Å². The zero-order valence-corrected chi connectivity index (χ0v) is 4.92. The molecule has 0 saturated carbocycles. The fourth-order valence-corrected chi connectivity index (χ4v) is 0.529. The molecule has 2 amide bonds. The highest BCUT2D eigenvalue weighted by molar-refractivity contribution is 5.75. The molecular formula is C6H8N2O. The van der Waals surface area contributed by atoms with Gasteiger partial charge in [-0.1, -0.05) is 12.2 Å². The first-order valence-corrected chi connectivity index (χ1v) is 2.75. The van der Waals surface area contributed by atoms with Crippen LogP contribution in [0.25, 0.3) is 0 Å². The smallest absolute Gasteiger partial charge is 0.319 e. The zero-order chi connectivity index (χ0) is 6.53. The third-order valence-corrected chi connectivity index (χ3v) is 0.938. The molecule has 0 unspecified atom stereocenters. The monoisotopic (exact) mass is 124 g/mol. The van der Waals surface area contributed by atoms with Gasteiger partial charge in [-0.3, -0.25) is 0 Å². The van der Waals surface area contributed by atoms with E-state index in [9.17, 15) is 4.79 Å². The van der Waals surface area contributed by atoms with Crippen LogP contribution in [-0.2, 0) is 0 Å². The van der Waals surface area contributed by atoms with E-state index in [1.54, 1.807) is 12.3 Å². The second-order valence-corrected chi connectivity index (χ2v) is 1.64. The normalized spacial score (nSPS) is 24.7. The molecule has 2 N–H and O–H groups in total. The highest BCUT2D eigenvalue weighted by atomic mass is 16.2. The van der Waals surface area contributed by atoms with Gasteiger partial charge in [-0.15, -0.1) is 0 Å². The molecule has 3 nitrogen and oxygen atoms in total. The van der Waals surface area contributed by atoms with E-state index in [0.29, 0.717) is 6.54 Å². The van der Waals surface area contributed by atoms with Gasteiger partial charge >= 0.3 is 6.03 Å². The van der Waals surface area contributed by atoms with Gasteiger partial charge in [0.1, 0.15) is 0 Å². The molecule has 1 aliphatic rings. The minimum absolute atomic E-state index is 0.157. The summed E-state index contributed by atoms with van der Waals surface area (Å²) in [5.74, 6) is 0. The molecule has 1 heterocycles. The first-order chi connectivity index (χ1) is 4.39. The van der Waals surface area contributed by atoms with Crippen molar-refractivity contribution in [1.82, 2.24) is 10.6 Å². The van der Waals surface area contributed by atoms with E-state index < -0.39 is 0 Å². The predicted molar refractivity (Wildman–Crippen MR) is 34.8 cm³/mol. The molecule has 0 aromatic rings. The van der Waals surface area contributed by atoms with Crippen LogP contribution in [0.4, 0.5) is 4.79 Å². The van der Waals surface area contributed by atoms with Crippen molar-refractivity contribution in [2.45, 2.75) is 0 Å². The highest BCUT2D eigenvalue weighted by Gasteiger charge is 1.92. The van der Waals surface area contributed by atoms with E-state index in [2.05, 4.69) is 10.6 Å². The third kappa shape index (κ3) is 1.99. The third-order valence-electron chi connectivity index (χ3n) is 0.938. The average molecular weight is 124 g/mol. The number of amides is 2. The molecule has 0 saturated heterocycles. The highest BCUT2D eigenvalue weighted by Crippen LogP contribution is 1.78. The van der Waals surface area contributed by atoms with Gasteiger partial charge in [-0.25, -0.2) is 4.79 Å². The van der Waals surface area contributed by atoms with Gasteiger partial charge in [0.25, 0.3) is 0 Å². The Morgan fingerprint density at radius 3 is 3.22 bits per heavy atom. The summed E-state index contributed by atoms with van der Waals surface area (Å²) < 4.78 is 0. The molecule has 9 heavy (non-hydrogen) atoms. The van der Waals surface area contributed by atoms with Crippen molar-refractivity contribution in [3.05, 3.63) is 24.4 Å². The minimum atomic E-state index is -0.157. The van der Waals surface area contributed by atoms with Gasteiger partial charge in [0, 0.05) is 12.7 Å². The van der Waals surface area contributed by atoms with Crippen LogP contribution in [0.2, 0.25) is 0 Å². The number of carbonyl (C=O) groups is 1. The Bertz CT molecular complexity index is 160. The molecule has 0 atom stereocenters. The number of urea groups is 1. The zero-order valence-electron chi connectivity index (χ0n) is 4.92. The van der Waals surface area contributed by atoms with Crippen LogP contribution in [0.3, 0.4) is 0 Å². The summed E-state index contributed by atoms with van der Waals surface area (Å²) in [6.07, 6.45) is 7.10. The topological polar surface area (TPSA) is 41.1 Å². The van der Waals surface area contributed by atoms with Crippen molar-refractivity contribution < 1.29 is 4.79 Å². The Hall–Kier alpha value is -1.25. The molecule has 48 valence electrons. The molecule has 1 rings (SSSR count). The molecule has 0 fully saturated rings. The predicted octanol–water partition coefficient (Wildman–Crippen LogP) is 0.369. The molecule has 0 spiro atoms. The quantitative estimate of drug-likeness (QED) is 0.481. The van der Waals surface area contributed by atoms with Crippen molar-refractivity contribution >= 4 is 6.03 Å². The molecule has 3 heteroatoms. The van der Waals surface area contributed by atoms with Gasteiger partial charge in [0.05, 0.1) is 0 Å². The van der Waals surface area contributed by atoms with E-state index >= 15 is 0 Å². The van der Waals surface area contributed by atoms with E-state index in [4.69, 9.17) is 0 Å². The minimum Gasteiger partial charge on any atom is -0.334 e. The van der Waals surface area contributed by atoms with Crippen LogP contribution >= 0.6 is 0 Å². The second kappa shape index (κ2) is 2.91. The summed E-state index contributed by atoms with van der Waals surface area (Å²) >= 11 is 0. The SMILES string of the molecule is O=C1N/C=C\C=C/CN1. The summed E-state index contributed by atoms with van der Waals surface area (Å²) in [4.78, 5) is 10.5. The number of allylic oxidation sites excluding steroid dienone is 2. The van der Waals surface area contributed by atoms with Crippen LogP contribution in [0, 0.1) is 0 Å². The molecule has 0 aliphatic carbocycles. The summed E-state index contributed by atoms with van der Waals surface area (Å²) in [7, 11) is 0. The van der Waals surface area contributed by atoms with Crippen molar-refractivity contribution in [1.29, 1.82) is 0 Å². The van der Waals surface area contributed by atoms with Crippen LogP contribution < -0.4 is 10.6 Å². The standard InChI is InChI=1S/C6H8N2O/c9-6-7-4-2-1-3-5-8-6/h1-4H,5H2,(H2,7,8,9)/b3-1-,4-2-. The Kier molecular flexibility index (Phi) is 1.90. The van der Waals surface area contributed by atoms with Crippen LogP contribution in [0.15, 0.2) is 24.4 Å². The number of hydrogen-bond acceptors (Lipinski definition) is 1. The molecular weight excluding hydrogens is 116 g/mol. The first kappa shape index (κ1) is 5.88. The fraction of sp³-hybridized carbons (Fsp3) is 0.167. The molecule has 0 aromatic carbocycles.